The molecule has 0 fully saturated rings. The van der Waals surface area contributed by atoms with E-state index in [0.717, 1.165) is 17.1 Å². The summed E-state index contributed by atoms with van der Waals surface area (Å²) in [7, 11) is 1.94. The van der Waals surface area contributed by atoms with Gasteiger partial charge in [0.2, 0.25) is 5.95 Å². The summed E-state index contributed by atoms with van der Waals surface area (Å²) in [5.74, 6) is 1.28. The van der Waals surface area contributed by atoms with Crippen molar-refractivity contribution in [1.29, 1.82) is 0 Å². The Morgan fingerprint density at radius 3 is 2.55 bits per heavy atom. The standard InChI is InChI=1S/C14H16Cl2N4/c1-3-17-14-18-8-12(16)13(19-14)20(2)9-10-4-6-11(15)7-5-10/h4-8H,3,9H2,1-2H3,(H,17,18,19). The number of aromatic nitrogens is 2. The summed E-state index contributed by atoms with van der Waals surface area (Å²) in [5.41, 5.74) is 1.14. The van der Waals surface area contributed by atoms with E-state index in [-0.39, 0.29) is 0 Å². The van der Waals surface area contributed by atoms with Crippen LogP contribution in [0.4, 0.5) is 11.8 Å². The fourth-order valence-corrected chi connectivity index (χ4v) is 2.17. The maximum Gasteiger partial charge on any atom is 0.224 e. The van der Waals surface area contributed by atoms with Crippen LogP contribution < -0.4 is 10.2 Å². The molecule has 0 saturated heterocycles. The van der Waals surface area contributed by atoms with Crippen molar-refractivity contribution >= 4 is 35.0 Å². The van der Waals surface area contributed by atoms with E-state index in [9.17, 15) is 0 Å². The monoisotopic (exact) mass is 310 g/mol. The summed E-state index contributed by atoms with van der Waals surface area (Å²) in [6.45, 7) is 3.45. The van der Waals surface area contributed by atoms with Crippen LogP contribution in [0, 0.1) is 0 Å². The van der Waals surface area contributed by atoms with Crippen LogP contribution in [0.1, 0.15) is 12.5 Å². The van der Waals surface area contributed by atoms with E-state index in [2.05, 4.69) is 15.3 Å². The lowest BCUT2D eigenvalue weighted by molar-refractivity contribution is 0.890. The fourth-order valence-electron chi connectivity index (χ4n) is 1.81. The van der Waals surface area contributed by atoms with Gasteiger partial charge in [0.15, 0.2) is 5.82 Å². The summed E-state index contributed by atoms with van der Waals surface area (Å²) in [6, 6.07) is 7.71. The molecule has 1 N–H and O–H groups in total. The molecule has 2 rings (SSSR count). The molecule has 6 heteroatoms. The highest BCUT2D eigenvalue weighted by atomic mass is 35.5. The number of benzene rings is 1. The van der Waals surface area contributed by atoms with Gasteiger partial charge in [0.25, 0.3) is 0 Å². The number of halogens is 2. The van der Waals surface area contributed by atoms with E-state index in [4.69, 9.17) is 23.2 Å². The number of anilines is 2. The third-order valence-corrected chi connectivity index (χ3v) is 3.27. The minimum Gasteiger partial charge on any atom is -0.354 e. The summed E-state index contributed by atoms with van der Waals surface area (Å²) < 4.78 is 0. The highest BCUT2D eigenvalue weighted by molar-refractivity contribution is 6.32. The van der Waals surface area contributed by atoms with Crippen LogP contribution in [0.2, 0.25) is 10.0 Å². The first kappa shape index (κ1) is 14.9. The van der Waals surface area contributed by atoms with Crippen LogP contribution in [0.25, 0.3) is 0 Å². The van der Waals surface area contributed by atoms with Gasteiger partial charge in [-0.3, -0.25) is 0 Å². The zero-order valence-corrected chi connectivity index (χ0v) is 12.9. The molecular weight excluding hydrogens is 295 g/mol. The Morgan fingerprint density at radius 2 is 1.90 bits per heavy atom. The van der Waals surface area contributed by atoms with Crippen molar-refractivity contribution in [3.63, 3.8) is 0 Å². The molecule has 4 nitrogen and oxygen atoms in total. The lowest BCUT2D eigenvalue weighted by Gasteiger charge is -2.20. The Morgan fingerprint density at radius 1 is 1.20 bits per heavy atom. The number of nitrogens with zero attached hydrogens (tertiary/aromatic N) is 3. The summed E-state index contributed by atoms with van der Waals surface area (Å²) in [6.07, 6.45) is 1.61. The first-order chi connectivity index (χ1) is 9.60. The summed E-state index contributed by atoms with van der Waals surface area (Å²) >= 11 is 12.0. The van der Waals surface area contributed by atoms with Gasteiger partial charge < -0.3 is 10.2 Å². The van der Waals surface area contributed by atoms with E-state index in [1.54, 1.807) is 6.20 Å². The quantitative estimate of drug-likeness (QED) is 0.910. The van der Waals surface area contributed by atoms with Gasteiger partial charge in [-0.2, -0.15) is 4.98 Å². The molecule has 1 aromatic heterocycles. The summed E-state index contributed by atoms with van der Waals surface area (Å²) in [4.78, 5) is 10.5. The Kier molecular flexibility index (Phi) is 5.04. The Balaban J connectivity index is 2.17. The van der Waals surface area contributed by atoms with Gasteiger partial charge in [-0.15, -0.1) is 0 Å². The molecule has 0 aliphatic heterocycles. The van der Waals surface area contributed by atoms with E-state index >= 15 is 0 Å². The van der Waals surface area contributed by atoms with Crippen molar-refractivity contribution in [1.82, 2.24) is 9.97 Å². The van der Waals surface area contributed by atoms with Gasteiger partial charge >= 0.3 is 0 Å². The Labute approximate surface area is 128 Å². The van der Waals surface area contributed by atoms with Gasteiger partial charge in [-0.1, -0.05) is 35.3 Å². The number of rotatable bonds is 5. The van der Waals surface area contributed by atoms with E-state index in [1.807, 2.05) is 43.1 Å². The molecule has 0 radical (unpaired) electrons. The van der Waals surface area contributed by atoms with Crippen LogP contribution in [0.15, 0.2) is 30.5 Å². The molecule has 0 aliphatic carbocycles. The van der Waals surface area contributed by atoms with Gasteiger partial charge in [-0.05, 0) is 24.6 Å². The van der Waals surface area contributed by atoms with E-state index in [1.165, 1.54) is 0 Å². The van der Waals surface area contributed by atoms with Crippen molar-refractivity contribution in [2.75, 3.05) is 23.8 Å². The molecular formula is C14H16Cl2N4. The molecule has 0 spiro atoms. The normalized spacial score (nSPS) is 10.4. The Hall–Kier alpha value is -1.52. The number of hydrogen-bond donors (Lipinski definition) is 1. The van der Waals surface area contributed by atoms with Crippen LogP contribution in [0.3, 0.4) is 0 Å². The largest absolute Gasteiger partial charge is 0.354 e. The van der Waals surface area contributed by atoms with Crippen molar-refractivity contribution in [2.45, 2.75) is 13.5 Å². The second kappa shape index (κ2) is 6.77. The number of hydrogen-bond acceptors (Lipinski definition) is 4. The zero-order valence-electron chi connectivity index (χ0n) is 11.4. The Bertz CT molecular complexity index is 572. The molecule has 2 aromatic rings. The third-order valence-electron chi connectivity index (χ3n) is 2.76. The van der Waals surface area contributed by atoms with Gasteiger partial charge in [-0.25, -0.2) is 4.98 Å². The summed E-state index contributed by atoms with van der Waals surface area (Å²) in [5, 5.41) is 4.33. The van der Waals surface area contributed by atoms with Crippen molar-refractivity contribution in [2.24, 2.45) is 0 Å². The smallest absolute Gasteiger partial charge is 0.224 e. The minimum atomic E-state index is 0.531. The van der Waals surface area contributed by atoms with Crippen LogP contribution >= 0.6 is 23.2 Å². The maximum atomic E-state index is 6.17. The average molecular weight is 311 g/mol. The minimum absolute atomic E-state index is 0.531. The highest BCUT2D eigenvalue weighted by Crippen LogP contribution is 2.24. The molecule has 0 bridgehead atoms. The molecule has 0 saturated carbocycles. The number of nitrogens with one attached hydrogen (secondary N) is 1. The second-order valence-electron chi connectivity index (χ2n) is 4.38. The van der Waals surface area contributed by atoms with E-state index < -0.39 is 0 Å². The molecule has 1 heterocycles. The molecule has 0 unspecified atom stereocenters. The van der Waals surface area contributed by atoms with Crippen molar-refractivity contribution < 1.29 is 0 Å². The molecule has 0 atom stereocenters. The topological polar surface area (TPSA) is 41.1 Å². The van der Waals surface area contributed by atoms with Crippen LogP contribution in [-0.2, 0) is 6.54 Å². The van der Waals surface area contributed by atoms with Crippen molar-refractivity contribution in [3.05, 3.63) is 46.1 Å². The first-order valence-corrected chi connectivity index (χ1v) is 7.07. The predicted octanol–water partition coefficient (Wildman–Crippen LogP) is 3.85. The molecule has 0 amide bonds. The first-order valence-electron chi connectivity index (χ1n) is 6.32. The lowest BCUT2D eigenvalue weighted by Crippen LogP contribution is -2.19. The fraction of sp³-hybridized carbons (Fsp3) is 0.286. The molecule has 0 aliphatic rings. The highest BCUT2D eigenvalue weighted by Gasteiger charge is 2.10. The molecule has 1 aromatic carbocycles. The average Bonchev–Trinajstić information content (AvgIpc) is 2.43. The van der Waals surface area contributed by atoms with Crippen LogP contribution in [0.5, 0.6) is 0 Å². The predicted molar refractivity (Wildman–Crippen MR) is 84.8 cm³/mol. The molecule has 106 valence electrons. The molecule has 20 heavy (non-hydrogen) atoms. The second-order valence-corrected chi connectivity index (χ2v) is 5.22. The van der Waals surface area contributed by atoms with E-state index in [0.29, 0.717) is 23.3 Å². The maximum absolute atomic E-state index is 6.17. The van der Waals surface area contributed by atoms with Gasteiger partial charge in [0.05, 0.1) is 6.20 Å². The van der Waals surface area contributed by atoms with Gasteiger partial charge in [0, 0.05) is 25.2 Å². The third kappa shape index (κ3) is 3.74. The zero-order chi connectivity index (χ0) is 14.5. The van der Waals surface area contributed by atoms with Gasteiger partial charge in [0.1, 0.15) is 5.02 Å². The van der Waals surface area contributed by atoms with Crippen molar-refractivity contribution in [3.8, 4) is 0 Å². The lowest BCUT2D eigenvalue weighted by atomic mass is 10.2. The SMILES string of the molecule is CCNc1ncc(Cl)c(N(C)Cc2ccc(Cl)cc2)n1. The van der Waals surface area contributed by atoms with Crippen LogP contribution in [-0.4, -0.2) is 23.6 Å².